The lowest BCUT2D eigenvalue weighted by Crippen LogP contribution is -2.30. The minimum absolute atomic E-state index is 0.380. The van der Waals surface area contributed by atoms with E-state index in [1.807, 2.05) is 72.2 Å². The van der Waals surface area contributed by atoms with Crippen molar-refractivity contribution in [3.8, 4) is 5.75 Å². The molecule has 4 rings (SSSR count). The van der Waals surface area contributed by atoms with Crippen molar-refractivity contribution in [3.05, 3.63) is 84.6 Å². The van der Waals surface area contributed by atoms with E-state index in [4.69, 9.17) is 4.74 Å². The Labute approximate surface area is 186 Å². The van der Waals surface area contributed by atoms with Crippen LogP contribution in [0.4, 0.5) is 20.6 Å². The van der Waals surface area contributed by atoms with Crippen molar-refractivity contribution < 1.29 is 13.9 Å². The number of hydrogen-bond donors (Lipinski definition) is 0. The number of amides is 1. The van der Waals surface area contributed by atoms with Gasteiger partial charge in [-0.15, -0.1) is 0 Å². The van der Waals surface area contributed by atoms with E-state index in [0.29, 0.717) is 18.0 Å². The van der Waals surface area contributed by atoms with Crippen LogP contribution in [-0.2, 0) is 0 Å². The highest BCUT2D eigenvalue weighted by Crippen LogP contribution is 2.29. The zero-order valence-electron chi connectivity index (χ0n) is 18.3. The Bertz CT molecular complexity index is 1240. The molecule has 7 heteroatoms. The third-order valence-corrected chi connectivity index (χ3v) is 5.30. The van der Waals surface area contributed by atoms with E-state index < -0.39 is 6.09 Å². The zero-order chi connectivity index (χ0) is 22.7. The molecule has 2 heterocycles. The third kappa shape index (κ3) is 4.14. The van der Waals surface area contributed by atoms with Crippen LogP contribution in [0.25, 0.3) is 10.9 Å². The van der Waals surface area contributed by atoms with Gasteiger partial charge < -0.3 is 4.74 Å². The molecule has 2 aromatic carbocycles. The van der Waals surface area contributed by atoms with Crippen molar-refractivity contribution in [2.24, 2.45) is 0 Å². The minimum Gasteiger partial charge on any atom is -0.410 e. The molecule has 0 fully saturated rings. The number of benzene rings is 2. The number of ether oxygens (including phenoxy) is 1. The Balaban J connectivity index is 1.65. The number of pyridine rings is 1. The monoisotopic (exact) mass is 432 g/mol. The molecule has 6 nitrogen and oxygen atoms in total. The van der Waals surface area contributed by atoms with Gasteiger partial charge in [-0.2, -0.15) is 0 Å². The van der Waals surface area contributed by atoms with Crippen LogP contribution in [0, 0.1) is 12.7 Å². The van der Waals surface area contributed by atoms with Gasteiger partial charge in [-0.05, 0) is 55.3 Å². The number of hydrogen-bond acceptors (Lipinski definition) is 4. The lowest BCUT2D eigenvalue weighted by Gasteiger charge is -2.27. The first kappa shape index (κ1) is 21.4. The van der Waals surface area contributed by atoms with E-state index in [0.717, 1.165) is 28.6 Å². The van der Waals surface area contributed by atoms with E-state index in [1.54, 1.807) is 25.4 Å². The van der Waals surface area contributed by atoms with Crippen molar-refractivity contribution in [1.29, 1.82) is 0 Å². The van der Waals surface area contributed by atoms with Gasteiger partial charge in [-0.25, -0.2) is 9.18 Å². The van der Waals surface area contributed by atoms with Gasteiger partial charge in [0.1, 0.15) is 5.75 Å². The van der Waals surface area contributed by atoms with E-state index in [9.17, 15) is 9.18 Å². The van der Waals surface area contributed by atoms with Crippen molar-refractivity contribution in [2.45, 2.75) is 20.3 Å². The van der Waals surface area contributed by atoms with Crippen LogP contribution < -0.4 is 14.6 Å². The van der Waals surface area contributed by atoms with Gasteiger partial charge >= 0.3 is 6.09 Å². The summed E-state index contributed by atoms with van der Waals surface area (Å²) in [5.74, 6) is 0.0678. The average molecular weight is 432 g/mol. The maximum atomic E-state index is 14.5. The third-order valence-electron chi connectivity index (χ3n) is 5.30. The predicted molar refractivity (Wildman–Crippen MR) is 125 cm³/mol. The summed E-state index contributed by atoms with van der Waals surface area (Å²) in [7, 11) is 1.67. The molecule has 0 spiro atoms. The van der Waals surface area contributed by atoms with Crippen LogP contribution in [0.5, 0.6) is 5.75 Å². The van der Waals surface area contributed by atoms with Gasteiger partial charge in [0.15, 0.2) is 5.82 Å². The minimum atomic E-state index is -0.473. The fourth-order valence-electron chi connectivity index (χ4n) is 3.68. The Hall–Kier alpha value is -3.87. The van der Waals surface area contributed by atoms with Gasteiger partial charge in [-0.3, -0.25) is 19.6 Å². The molecule has 0 saturated carbocycles. The van der Waals surface area contributed by atoms with Gasteiger partial charge in [-0.1, -0.05) is 25.1 Å². The molecule has 32 heavy (non-hydrogen) atoms. The maximum absolute atomic E-state index is 14.5. The highest BCUT2D eigenvalue weighted by atomic mass is 19.1. The van der Waals surface area contributed by atoms with Gasteiger partial charge in [0, 0.05) is 37.1 Å². The number of rotatable bonds is 6. The molecule has 0 bridgehead atoms. The van der Waals surface area contributed by atoms with E-state index in [-0.39, 0.29) is 5.82 Å². The van der Waals surface area contributed by atoms with Crippen LogP contribution in [0.15, 0.2) is 73.2 Å². The second-order valence-corrected chi connectivity index (χ2v) is 7.55. The van der Waals surface area contributed by atoms with Crippen LogP contribution in [0.3, 0.4) is 0 Å². The summed E-state index contributed by atoms with van der Waals surface area (Å²) in [6.07, 6.45) is 5.13. The van der Waals surface area contributed by atoms with Crippen molar-refractivity contribution in [2.75, 3.05) is 23.5 Å². The van der Waals surface area contributed by atoms with E-state index in [2.05, 4.69) is 4.98 Å². The molecule has 1 amide bonds. The summed E-state index contributed by atoms with van der Waals surface area (Å²) in [6, 6.07) is 16.5. The lowest BCUT2D eigenvalue weighted by atomic mass is 10.2. The molecule has 0 radical (unpaired) electrons. The molecule has 0 atom stereocenters. The number of aromatic nitrogens is 2. The predicted octanol–water partition coefficient (Wildman–Crippen LogP) is 5.80. The number of nitrogens with zero attached hydrogens (tertiary/aromatic N) is 4. The molecule has 2 aromatic heterocycles. The van der Waals surface area contributed by atoms with Gasteiger partial charge in [0.2, 0.25) is 0 Å². The molecule has 0 aliphatic carbocycles. The summed E-state index contributed by atoms with van der Waals surface area (Å²) in [4.78, 5) is 17.9. The van der Waals surface area contributed by atoms with Crippen molar-refractivity contribution >= 4 is 28.4 Å². The Kier molecular flexibility index (Phi) is 6.07. The fourth-order valence-corrected chi connectivity index (χ4v) is 3.68. The second-order valence-electron chi connectivity index (χ2n) is 7.55. The van der Waals surface area contributed by atoms with Crippen LogP contribution in [-0.4, -0.2) is 29.3 Å². The molecule has 0 aliphatic heterocycles. The van der Waals surface area contributed by atoms with Crippen LogP contribution in [0.2, 0.25) is 0 Å². The number of para-hydroxylation sites is 1. The summed E-state index contributed by atoms with van der Waals surface area (Å²) < 4.78 is 22.0. The van der Waals surface area contributed by atoms with Crippen molar-refractivity contribution in [1.82, 2.24) is 9.66 Å². The SMILES string of the molecule is CCCN(c1ccncc1F)n1cc(C)c2cc(OC(=O)N(C)c3ccccc3)ccc21. The highest BCUT2D eigenvalue weighted by molar-refractivity contribution is 5.90. The Morgan fingerprint density at radius 1 is 1.16 bits per heavy atom. The molecular formula is C25H25FN4O2. The molecule has 0 N–H and O–H groups in total. The number of aryl methyl sites for hydroxylation is 1. The smallest absolute Gasteiger partial charge is 0.410 e. The lowest BCUT2D eigenvalue weighted by molar-refractivity contribution is 0.209. The van der Waals surface area contributed by atoms with E-state index >= 15 is 0 Å². The molecule has 164 valence electrons. The largest absolute Gasteiger partial charge is 0.419 e. The number of halogens is 1. The maximum Gasteiger partial charge on any atom is 0.419 e. The normalized spacial score (nSPS) is 10.9. The highest BCUT2D eigenvalue weighted by Gasteiger charge is 2.18. The quantitative estimate of drug-likeness (QED) is 0.386. The summed E-state index contributed by atoms with van der Waals surface area (Å²) >= 11 is 0. The summed E-state index contributed by atoms with van der Waals surface area (Å²) in [6.45, 7) is 4.65. The fraction of sp³-hybridized carbons (Fsp3) is 0.200. The van der Waals surface area contributed by atoms with Gasteiger partial charge in [0.05, 0.1) is 17.4 Å². The van der Waals surface area contributed by atoms with Crippen LogP contribution in [0.1, 0.15) is 18.9 Å². The Morgan fingerprint density at radius 3 is 2.66 bits per heavy atom. The number of fused-ring (bicyclic) bond motifs is 1. The average Bonchev–Trinajstić information content (AvgIpc) is 3.13. The first-order valence-electron chi connectivity index (χ1n) is 10.5. The topological polar surface area (TPSA) is 50.6 Å². The number of carbonyl (C=O) groups is 1. The molecule has 0 unspecified atom stereocenters. The molecule has 4 aromatic rings. The first-order chi connectivity index (χ1) is 15.5. The standard InChI is InChI=1S/C25H25FN4O2/c1-4-14-29(24-12-13-27-16-22(24)26)30-17-18(2)21-15-20(10-11-23(21)30)32-25(31)28(3)19-8-6-5-7-9-19/h5-13,15-17H,4,14H2,1-3H3. The molecule has 0 aliphatic rings. The van der Waals surface area contributed by atoms with Crippen molar-refractivity contribution in [3.63, 3.8) is 0 Å². The Morgan fingerprint density at radius 2 is 1.94 bits per heavy atom. The second kappa shape index (κ2) is 9.09. The summed E-state index contributed by atoms with van der Waals surface area (Å²) in [5, 5.41) is 2.81. The first-order valence-corrected chi connectivity index (χ1v) is 10.5. The summed E-state index contributed by atoms with van der Waals surface area (Å²) in [5.41, 5.74) is 3.09. The zero-order valence-corrected chi connectivity index (χ0v) is 18.3. The van der Waals surface area contributed by atoms with Crippen LogP contribution >= 0.6 is 0 Å². The number of carbonyl (C=O) groups excluding carboxylic acids is 1. The number of anilines is 2. The van der Waals surface area contributed by atoms with Gasteiger partial charge in [0.25, 0.3) is 0 Å². The molecular weight excluding hydrogens is 407 g/mol. The van der Waals surface area contributed by atoms with E-state index in [1.165, 1.54) is 11.1 Å². The molecule has 0 saturated heterocycles.